The van der Waals surface area contributed by atoms with Crippen LogP contribution in [-0.4, -0.2) is 25.2 Å². The van der Waals surface area contributed by atoms with E-state index in [1.165, 1.54) is 27.4 Å². The van der Waals surface area contributed by atoms with Gasteiger partial charge in [-0.3, -0.25) is 0 Å². The van der Waals surface area contributed by atoms with Crippen molar-refractivity contribution in [2.75, 3.05) is 18.0 Å². The molecule has 1 aliphatic heterocycles. The van der Waals surface area contributed by atoms with Crippen LogP contribution >= 0.6 is 15.9 Å². The molecule has 1 atom stereocenters. The Morgan fingerprint density at radius 1 is 1.15 bits per heavy atom. The van der Waals surface area contributed by atoms with Crippen LogP contribution in [0, 0.1) is 0 Å². The maximum Gasteiger partial charge on any atom is 0.0447 e. The Labute approximate surface area is 129 Å². The van der Waals surface area contributed by atoms with Gasteiger partial charge in [-0.15, -0.1) is 0 Å². The van der Waals surface area contributed by atoms with Crippen LogP contribution < -0.4 is 10.2 Å². The molecule has 20 heavy (non-hydrogen) atoms. The van der Waals surface area contributed by atoms with Gasteiger partial charge in [0.05, 0.1) is 0 Å². The minimum Gasteiger partial charge on any atom is -0.369 e. The zero-order valence-corrected chi connectivity index (χ0v) is 13.7. The zero-order chi connectivity index (χ0) is 14.1. The average molecular weight is 333 g/mol. The molecule has 1 aliphatic rings. The van der Waals surface area contributed by atoms with E-state index >= 15 is 0 Å². The first-order valence-corrected chi connectivity index (χ1v) is 8.12. The van der Waals surface area contributed by atoms with Crippen LogP contribution in [0.4, 0.5) is 5.69 Å². The van der Waals surface area contributed by atoms with Crippen molar-refractivity contribution in [3.05, 3.63) is 40.9 Å². The predicted molar refractivity (Wildman–Crippen MR) is 90.5 cm³/mol. The lowest BCUT2D eigenvalue weighted by molar-refractivity contribution is 0.492. The lowest BCUT2D eigenvalue weighted by atomic mass is 10.1. The van der Waals surface area contributed by atoms with Crippen LogP contribution in [0.2, 0.25) is 0 Å². The minimum absolute atomic E-state index is 0.557. The van der Waals surface area contributed by atoms with Gasteiger partial charge in [0.25, 0.3) is 0 Å². The largest absolute Gasteiger partial charge is 0.369 e. The van der Waals surface area contributed by atoms with E-state index in [4.69, 9.17) is 0 Å². The average Bonchev–Trinajstić information content (AvgIpc) is 2.87. The van der Waals surface area contributed by atoms with Crippen LogP contribution in [0.5, 0.6) is 0 Å². The zero-order valence-electron chi connectivity index (χ0n) is 12.1. The molecule has 3 heteroatoms. The van der Waals surface area contributed by atoms with Gasteiger partial charge in [0.1, 0.15) is 0 Å². The van der Waals surface area contributed by atoms with Gasteiger partial charge in [0.2, 0.25) is 0 Å². The third-order valence-corrected chi connectivity index (χ3v) is 4.64. The highest BCUT2D eigenvalue weighted by molar-refractivity contribution is 9.10. The van der Waals surface area contributed by atoms with Crippen molar-refractivity contribution < 1.29 is 0 Å². The highest BCUT2D eigenvalue weighted by Gasteiger charge is 2.24. The summed E-state index contributed by atoms with van der Waals surface area (Å²) in [7, 11) is 0. The second-order valence-corrected chi connectivity index (χ2v) is 6.72. The van der Waals surface area contributed by atoms with Gasteiger partial charge in [-0.1, -0.05) is 54.0 Å². The molecule has 1 N–H and O–H groups in total. The number of hydrogen-bond donors (Lipinski definition) is 1. The Bertz CT molecular complexity index is 609. The molecule has 2 nitrogen and oxygen atoms in total. The number of hydrogen-bond acceptors (Lipinski definition) is 2. The first-order chi connectivity index (χ1) is 9.65. The summed E-state index contributed by atoms with van der Waals surface area (Å²) in [6.07, 6.45) is 1.22. The molecule has 3 rings (SSSR count). The molecule has 1 saturated heterocycles. The van der Waals surface area contributed by atoms with E-state index in [9.17, 15) is 0 Å². The summed E-state index contributed by atoms with van der Waals surface area (Å²) in [6.45, 7) is 6.68. The molecule has 0 aromatic heterocycles. The SMILES string of the molecule is CC(C)NC1CCN(c2ccc(Br)c3ccccc23)C1. The van der Waals surface area contributed by atoms with Gasteiger partial charge < -0.3 is 10.2 Å². The standard InChI is InChI=1S/C17H21BrN2/c1-12(2)19-13-9-10-20(11-13)17-8-7-16(18)14-5-3-4-6-15(14)17/h3-8,12-13,19H,9-11H2,1-2H3. The van der Waals surface area contributed by atoms with Crippen molar-refractivity contribution in [3.63, 3.8) is 0 Å². The first-order valence-electron chi connectivity index (χ1n) is 7.33. The van der Waals surface area contributed by atoms with Gasteiger partial charge in [-0.2, -0.15) is 0 Å². The van der Waals surface area contributed by atoms with Gasteiger partial charge in [-0.05, 0) is 23.9 Å². The molecule has 0 aliphatic carbocycles. The van der Waals surface area contributed by atoms with Crippen molar-refractivity contribution in [2.45, 2.75) is 32.4 Å². The second-order valence-electron chi connectivity index (χ2n) is 5.87. The number of rotatable bonds is 3. The van der Waals surface area contributed by atoms with Crippen molar-refractivity contribution >= 4 is 32.4 Å². The molecule has 0 radical (unpaired) electrons. The van der Waals surface area contributed by atoms with Crippen LogP contribution in [0.1, 0.15) is 20.3 Å². The van der Waals surface area contributed by atoms with Gasteiger partial charge in [0, 0.05) is 40.7 Å². The fraction of sp³-hybridized carbons (Fsp3) is 0.412. The number of nitrogens with zero attached hydrogens (tertiary/aromatic N) is 1. The normalized spacial score (nSPS) is 19.2. The highest BCUT2D eigenvalue weighted by Crippen LogP contribution is 2.33. The van der Waals surface area contributed by atoms with Crippen LogP contribution in [0.25, 0.3) is 10.8 Å². The molecule has 1 unspecified atom stereocenters. The number of anilines is 1. The second kappa shape index (κ2) is 5.74. The van der Waals surface area contributed by atoms with E-state index in [2.05, 4.69) is 76.4 Å². The van der Waals surface area contributed by atoms with Crippen LogP contribution in [0.15, 0.2) is 40.9 Å². The summed E-state index contributed by atoms with van der Waals surface area (Å²) in [5, 5.41) is 6.29. The Hall–Kier alpha value is -1.06. The third kappa shape index (κ3) is 2.70. The molecule has 1 fully saturated rings. The van der Waals surface area contributed by atoms with E-state index in [-0.39, 0.29) is 0 Å². The minimum atomic E-state index is 0.557. The Kier molecular flexibility index (Phi) is 3.99. The molecule has 0 amide bonds. The Morgan fingerprint density at radius 3 is 2.65 bits per heavy atom. The van der Waals surface area contributed by atoms with E-state index < -0.39 is 0 Å². The number of halogens is 1. The van der Waals surface area contributed by atoms with Gasteiger partial charge in [0.15, 0.2) is 0 Å². The van der Waals surface area contributed by atoms with Gasteiger partial charge in [-0.25, -0.2) is 0 Å². The Balaban J connectivity index is 1.90. The summed E-state index contributed by atoms with van der Waals surface area (Å²) in [6, 6.07) is 14.2. The lowest BCUT2D eigenvalue weighted by Crippen LogP contribution is -2.37. The van der Waals surface area contributed by atoms with E-state index in [0.29, 0.717) is 12.1 Å². The van der Waals surface area contributed by atoms with Crippen LogP contribution in [-0.2, 0) is 0 Å². The molecule has 1 heterocycles. The molecular formula is C17H21BrN2. The Morgan fingerprint density at radius 2 is 1.90 bits per heavy atom. The van der Waals surface area contributed by atoms with E-state index in [1.807, 2.05) is 0 Å². The van der Waals surface area contributed by atoms with Crippen molar-refractivity contribution in [1.82, 2.24) is 5.32 Å². The summed E-state index contributed by atoms with van der Waals surface area (Å²) >= 11 is 3.65. The van der Waals surface area contributed by atoms with Crippen molar-refractivity contribution in [1.29, 1.82) is 0 Å². The summed E-state index contributed by atoms with van der Waals surface area (Å²) in [5.74, 6) is 0. The number of benzene rings is 2. The maximum atomic E-state index is 3.65. The van der Waals surface area contributed by atoms with E-state index in [1.54, 1.807) is 0 Å². The fourth-order valence-corrected chi connectivity index (χ4v) is 3.59. The first kappa shape index (κ1) is 13.9. The topological polar surface area (TPSA) is 15.3 Å². The smallest absolute Gasteiger partial charge is 0.0447 e. The third-order valence-electron chi connectivity index (χ3n) is 3.95. The van der Waals surface area contributed by atoms with Crippen molar-refractivity contribution in [3.8, 4) is 0 Å². The summed E-state index contributed by atoms with van der Waals surface area (Å²) < 4.78 is 1.17. The lowest BCUT2D eigenvalue weighted by Gasteiger charge is -2.22. The fourth-order valence-electron chi connectivity index (χ4n) is 3.11. The molecule has 2 aromatic rings. The molecule has 0 spiro atoms. The highest BCUT2D eigenvalue weighted by atomic mass is 79.9. The monoisotopic (exact) mass is 332 g/mol. The van der Waals surface area contributed by atoms with Gasteiger partial charge >= 0.3 is 0 Å². The van der Waals surface area contributed by atoms with E-state index in [0.717, 1.165) is 13.1 Å². The molecule has 0 saturated carbocycles. The molecule has 0 bridgehead atoms. The molecule has 106 valence electrons. The summed E-state index contributed by atoms with van der Waals surface area (Å²) in [4.78, 5) is 2.51. The number of nitrogens with one attached hydrogen (secondary N) is 1. The predicted octanol–water partition coefficient (Wildman–Crippen LogP) is 4.18. The molecular weight excluding hydrogens is 312 g/mol. The quantitative estimate of drug-likeness (QED) is 0.907. The van der Waals surface area contributed by atoms with Crippen LogP contribution in [0.3, 0.4) is 0 Å². The summed E-state index contributed by atoms with van der Waals surface area (Å²) in [5.41, 5.74) is 1.36. The molecule has 2 aromatic carbocycles. The van der Waals surface area contributed by atoms with Crippen molar-refractivity contribution in [2.24, 2.45) is 0 Å². The maximum absolute atomic E-state index is 3.65. The number of fused-ring (bicyclic) bond motifs is 1.